The van der Waals surface area contributed by atoms with Crippen LogP contribution in [0.3, 0.4) is 0 Å². The third-order valence-corrected chi connectivity index (χ3v) is 5.24. The molecule has 29 heavy (non-hydrogen) atoms. The maximum atomic E-state index is 12.4. The number of aromatic nitrogens is 4. The highest BCUT2D eigenvalue weighted by molar-refractivity contribution is 5.81. The summed E-state index contributed by atoms with van der Waals surface area (Å²) < 4.78 is 9.49. The number of benzene rings is 1. The molecule has 0 fully saturated rings. The van der Waals surface area contributed by atoms with E-state index >= 15 is 0 Å². The second-order valence-corrected chi connectivity index (χ2v) is 8.30. The lowest BCUT2D eigenvalue weighted by molar-refractivity contribution is 0.555. The molecule has 0 saturated heterocycles. The number of rotatable bonds is 2. The van der Waals surface area contributed by atoms with Gasteiger partial charge in [0.2, 0.25) is 0 Å². The van der Waals surface area contributed by atoms with Crippen molar-refractivity contribution in [2.24, 2.45) is 14.1 Å². The van der Waals surface area contributed by atoms with E-state index in [9.17, 15) is 14.4 Å². The lowest BCUT2D eigenvalue weighted by Gasteiger charge is -2.20. The molecular formula is C21H22N4O4. The summed E-state index contributed by atoms with van der Waals surface area (Å²) in [7, 11) is 3.02. The maximum absolute atomic E-state index is 12.4. The van der Waals surface area contributed by atoms with Crippen LogP contribution in [0, 0.1) is 0 Å². The van der Waals surface area contributed by atoms with Gasteiger partial charge in [-0.3, -0.25) is 13.9 Å². The topological polar surface area (TPSA) is 92.0 Å². The van der Waals surface area contributed by atoms with Crippen LogP contribution in [0.2, 0.25) is 0 Å². The van der Waals surface area contributed by atoms with Crippen LogP contribution in [0.4, 0.5) is 0 Å². The molecular weight excluding hydrogens is 372 g/mol. The standard InChI is InChI=1S/C21H22N4O4/c1-21(2,3)13-6-7-15-14(9-13)12(8-16(26)29-15)10-25-11-22-17-18(25)23(4)20(28)24(5)19(17)27/h6-9,11H,10H2,1-5H3. The molecule has 3 aromatic heterocycles. The van der Waals surface area contributed by atoms with Crippen molar-refractivity contribution in [3.05, 3.63) is 73.0 Å². The predicted octanol–water partition coefficient (Wildman–Crippen LogP) is 1.89. The Morgan fingerprint density at radius 1 is 1.03 bits per heavy atom. The zero-order valence-corrected chi connectivity index (χ0v) is 17.0. The number of hydrogen-bond acceptors (Lipinski definition) is 5. The Bertz CT molecular complexity index is 1440. The molecule has 150 valence electrons. The van der Waals surface area contributed by atoms with Gasteiger partial charge in [-0.2, -0.15) is 0 Å². The van der Waals surface area contributed by atoms with Crippen molar-refractivity contribution in [2.45, 2.75) is 32.7 Å². The van der Waals surface area contributed by atoms with Gasteiger partial charge in [-0.1, -0.05) is 26.8 Å². The van der Waals surface area contributed by atoms with Gasteiger partial charge in [-0.25, -0.2) is 14.6 Å². The lowest BCUT2D eigenvalue weighted by Crippen LogP contribution is -2.37. The van der Waals surface area contributed by atoms with Crippen molar-refractivity contribution in [1.29, 1.82) is 0 Å². The molecule has 0 spiro atoms. The molecule has 4 aromatic rings. The average Bonchev–Trinajstić information content (AvgIpc) is 3.07. The van der Waals surface area contributed by atoms with Crippen LogP contribution in [0.5, 0.6) is 0 Å². The molecule has 8 nitrogen and oxygen atoms in total. The van der Waals surface area contributed by atoms with E-state index in [2.05, 4.69) is 25.8 Å². The van der Waals surface area contributed by atoms with E-state index in [0.29, 0.717) is 11.2 Å². The van der Waals surface area contributed by atoms with Crippen molar-refractivity contribution in [1.82, 2.24) is 18.7 Å². The average molecular weight is 394 g/mol. The third kappa shape index (κ3) is 3.00. The fourth-order valence-corrected chi connectivity index (χ4v) is 3.56. The summed E-state index contributed by atoms with van der Waals surface area (Å²) in [6.45, 7) is 6.61. The van der Waals surface area contributed by atoms with Gasteiger partial charge in [0.1, 0.15) is 11.2 Å². The van der Waals surface area contributed by atoms with Crippen LogP contribution in [-0.2, 0) is 26.1 Å². The molecule has 0 atom stereocenters. The van der Waals surface area contributed by atoms with Crippen LogP contribution >= 0.6 is 0 Å². The summed E-state index contributed by atoms with van der Waals surface area (Å²) in [5, 5.41) is 0.813. The van der Waals surface area contributed by atoms with Crippen LogP contribution in [0.15, 0.2) is 49.4 Å². The molecule has 0 unspecified atom stereocenters. The first-order valence-corrected chi connectivity index (χ1v) is 9.26. The Morgan fingerprint density at radius 3 is 2.45 bits per heavy atom. The van der Waals surface area contributed by atoms with Crippen LogP contribution in [0.25, 0.3) is 22.1 Å². The summed E-state index contributed by atoms with van der Waals surface area (Å²) in [4.78, 5) is 41.0. The summed E-state index contributed by atoms with van der Waals surface area (Å²) in [5.41, 5.74) is 1.54. The Kier molecular flexibility index (Phi) is 4.11. The second kappa shape index (κ2) is 6.30. The molecule has 1 aromatic carbocycles. The second-order valence-electron chi connectivity index (χ2n) is 8.30. The first-order valence-electron chi connectivity index (χ1n) is 9.26. The van der Waals surface area contributed by atoms with Crippen LogP contribution < -0.4 is 16.9 Å². The summed E-state index contributed by atoms with van der Waals surface area (Å²) >= 11 is 0. The molecule has 0 bridgehead atoms. The normalized spacial score (nSPS) is 12.2. The van der Waals surface area contributed by atoms with E-state index in [1.54, 1.807) is 17.7 Å². The maximum Gasteiger partial charge on any atom is 0.336 e. The van der Waals surface area contributed by atoms with Gasteiger partial charge in [0.25, 0.3) is 5.56 Å². The molecule has 8 heteroatoms. The zero-order valence-electron chi connectivity index (χ0n) is 17.0. The minimum Gasteiger partial charge on any atom is -0.423 e. The third-order valence-electron chi connectivity index (χ3n) is 5.24. The number of nitrogens with zero attached hydrogens (tertiary/aromatic N) is 4. The van der Waals surface area contributed by atoms with Gasteiger partial charge < -0.3 is 8.98 Å². The Balaban J connectivity index is 1.96. The largest absolute Gasteiger partial charge is 0.423 e. The monoisotopic (exact) mass is 394 g/mol. The molecule has 3 heterocycles. The molecule has 0 aliphatic carbocycles. The van der Waals surface area contributed by atoms with Crippen molar-refractivity contribution in [3.63, 3.8) is 0 Å². The van der Waals surface area contributed by atoms with Crippen LogP contribution in [-0.4, -0.2) is 18.7 Å². The van der Waals surface area contributed by atoms with Crippen molar-refractivity contribution in [3.8, 4) is 0 Å². The van der Waals surface area contributed by atoms with Gasteiger partial charge in [-0.15, -0.1) is 0 Å². The fourth-order valence-electron chi connectivity index (χ4n) is 3.56. The summed E-state index contributed by atoms with van der Waals surface area (Å²) in [6, 6.07) is 7.22. The van der Waals surface area contributed by atoms with E-state index in [-0.39, 0.29) is 17.5 Å². The van der Waals surface area contributed by atoms with Crippen molar-refractivity contribution in [2.75, 3.05) is 0 Å². The Morgan fingerprint density at radius 2 is 1.76 bits per heavy atom. The highest BCUT2D eigenvalue weighted by atomic mass is 16.4. The van der Waals surface area contributed by atoms with Crippen LogP contribution in [0.1, 0.15) is 31.9 Å². The zero-order chi connectivity index (χ0) is 21.1. The fraction of sp³-hybridized carbons (Fsp3) is 0.333. The van der Waals surface area contributed by atoms with Gasteiger partial charge in [0.05, 0.1) is 12.9 Å². The molecule has 0 radical (unpaired) electrons. The van der Waals surface area contributed by atoms with Crippen molar-refractivity contribution >= 4 is 22.1 Å². The van der Waals surface area contributed by atoms with Gasteiger partial charge in [0.15, 0.2) is 5.52 Å². The number of aryl methyl sites for hydroxylation is 1. The molecule has 0 aliphatic rings. The number of imidazole rings is 1. The Hall–Kier alpha value is -3.42. The molecule has 0 amide bonds. The van der Waals surface area contributed by atoms with Gasteiger partial charge >= 0.3 is 11.3 Å². The molecule has 0 saturated carbocycles. The minimum absolute atomic E-state index is 0.0700. The quantitative estimate of drug-likeness (QED) is 0.484. The molecule has 0 aliphatic heterocycles. The van der Waals surface area contributed by atoms with Gasteiger partial charge in [-0.05, 0) is 28.7 Å². The highest BCUT2D eigenvalue weighted by Gasteiger charge is 2.18. The van der Waals surface area contributed by atoms with E-state index in [1.165, 1.54) is 24.0 Å². The van der Waals surface area contributed by atoms with E-state index < -0.39 is 16.9 Å². The summed E-state index contributed by atoms with van der Waals surface area (Å²) in [5.74, 6) is 0. The SMILES string of the molecule is Cn1c(=O)c2ncn(Cc3cc(=O)oc4ccc(C(C)(C)C)cc34)c2n(C)c1=O. The highest BCUT2D eigenvalue weighted by Crippen LogP contribution is 2.27. The first-order chi connectivity index (χ1) is 13.6. The molecule has 4 rings (SSSR count). The van der Waals surface area contributed by atoms with Gasteiger partial charge in [0, 0.05) is 25.5 Å². The minimum atomic E-state index is -0.453. The number of fused-ring (bicyclic) bond motifs is 2. The predicted molar refractivity (Wildman–Crippen MR) is 111 cm³/mol. The lowest BCUT2D eigenvalue weighted by atomic mass is 9.86. The van der Waals surface area contributed by atoms with E-state index in [1.807, 2.05) is 12.1 Å². The Labute approximate surface area is 165 Å². The summed E-state index contributed by atoms with van der Waals surface area (Å²) in [6.07, 6.45) is 1.51. The van der Waals surface area contributed by atoms with Crippen molar-refractivity contribution < 1.29 is 4.42 Å². The van der Waals surface area contributed by atoms with E-state index in [4.69, 9.17) is 4.42 Å². The number of hydrogen-bond donors (Lipinski definition) is 0. The smallest absolute Gasteiger partial charge is 0.336 e. The first kappa shape index (κ1) is 18.9. The van der Waals surface area contributed by atoms with E-state index in [0.717, 1.165) is 21.1 Å². The molecule has 0 N–H and O–H groups in total.